The Labute approximate surface area is 119 Å². The largest absolute Gasteiger partial charge is 0.496 e. The molecule has 0 saturated carbocycles. The molecule has 3 heteroatoms. The standard InChI is InChI=1S/C16H21NOS/c1-17-11-14(9-13-7-8-19-12-13)10-15-5-3-4-6-16(15)18-2/h3-8,12,14,17H,9-11H2,1-2H3. The van der Waals surface area contributed by atoms with Gasteiger partial charge in [-0.05, 0) is 66.4 Å². The second kappa shape index (κ2) is 7.31. The summed E-state index contributed by atoms with van der Waals surface area (Å²) in [6, 6.07) is 10.5. The van der Waals surface area contributed by atoms with Crippen molar-refractivity contribution >= 4 is 11.3 Å². The van der Waals surface area contributed by atoms with Crippen LogP contribution in [0.5, 0.6) is 5.75 Å². The average Bonchev–Trinajstić information content (AvgIpc) is 2.92. The van der Waals surface area contributed by atoms with E-state index in [0.29, 0.717) is 5.92 Å². The molecule has 0 fully saturated rings. The van der Waals surface area contributed by atoms with Gasteiger partial charge in [-0.3, -0.25) is 0 Å². The number of benzene rings is 1. The third-order valence-electron chi connectivity index (χ3n) is 3.30. The molecule has 0 spiro atoms. The zero-order valence-electron chi connectivity index (χ0n) is 11.6. The Morgan fingerprint density at radius 2 is 2.05 bits per heavy atom. The van der Waals surface area contributed by atoms with Crippen LogP contribution in [0.1, 0.15) is 11.1 Å². The van der Waals surface area contributed by atoms with E-state index in [-0.39, 0.29) is 0 Å². The highest BCUT2D eigenvalue weighted by molar-refractivity contribution is 7.07. The van der Waals surface area contributed by atoms with E-state index in [4.69, 9.17) is 4.74 Å². The van der Waals surface area contributed by atoms with Gasteiger partial charge in [-0.25, -0.2) is 0 Å². The van der Waals surface area contributed by atoms with Crippen LogP contribution < -0.4 is 10.1 Å². The summed E-state index contributed by atoms with van der Waals surface area (Å²) in [5.74, 6) is 1.59. The third kappa shape index (κ3) is 4.08. The maximum atomic E-state index is 5.44. The van der Waals surface area contributed by atoms with Crippen LogP contribution in [0.2, 0.25) is 0 Å². The van der Waals surface area contributed by atoms with E-state index in [1.165, 1.54) is 11.1 Å². The number of methoxy groups -OCH3 is 1. The molecule has 0 aliphatic carbocycles. The van der Waals surface area contributed by atoms with Gasteiger partial charge in [-0.1, -0.05) is 18.2 Å². The van der Waals surface area contributed by atoms with E-state index >= 15 is 0 Å². The fourth-order valence-corrected chi connectivity index (χ4v) is 3.11. The van der Waals surface area contributed by atoms with Crippen molar-refractivity contribution in [1.29, 1.82) is 0 Å². The van der Waals surface area contributed by atoms with Gasteiger partial charge in [-0.2, -0.15) is 11.3 Å². The zero-order chi connectivity index (χ0) is 13.5. The fourth-order valence-electron chi connectivity index (χ4n) is 2.43. The van der Waals surface area contributed by atoms with E-state index in [1.54, 1.807) is 18.4 Å². The average molecular weight is 275 g/mol. The SMILES string of the molecule is CNCC(Cc1ccsc1)Cc1ccccc1OC. The van der Waals surface area contributed by atoms with Gasteiger partial charge in [0.2, 0.25) is 0 Å². The summed E-state index contributed by atoms with van der Waals surface area (Å²) in [7, 11) is 3.76. The monoisotopic (exact) mass is 275 g/mol. The zero-order valence-corrected chi connectivity index (χ0v) is 12.4. The van der Waals surface area contributed by atoms with Gasteiger partial charge in [0.15, 0.2) is 0 Å². The number of rotatable bonds is 7. The number of hydrogen-bond acceptors (Lipinski definition) is 3. The molecule has 0 radical (unpaired) electrons. The van der Waals surface area contributed by atoms with Crippen molar-refractivity contribution in [3.05, 3.63) is 52.2 Å². The van der Waals surface area contributed by atoms with Crippen molar-refractivity contribution in [1.82, 2.24) is 5.32 Å². The summed E-state index contributed by atoms with van der Waals surface area (Å²) in [6.07, 6.45) is 2.16. The molecular formula is C16H21NOS. The Balaban J connectivity index is 2.07. The highest BCUT2D eigenvalue weighted by atomic mass is 32.1. The number of hydrogen-bond donors (Lipinski definition) is 1. The molecule has 2 nitrogen and oxygen atoms in total. The second-order valence-corrected chi connectivity index (χ2v) is 5.56. The Hall–Kier alpha value is -1.32. The Kier molecular flexibility index (Phi) is 5.43. The summed E-state index contributed by atoms with van der Waals surface area (Å²) in [6.45, 7) is 1.02. The topological polar surface area (TPSA) is 21.3 Å². The summed E-state index contributed by atoms with van der Waals surface area (Å²) < 4.78 is 5.44. The Morgan fingerprint density at radius 1 is 1.21 bits per heavy atom. The van der Waals surface area contributed by atoms with Gasteiger partial charge >= 0.3 is 0 Å². The van der Waals surface area contributed by atoms with Crippen LogP contribution in [0, 0.1) is 5.92 Å². The third-order valence-corrected chi connectivity index (χ3v) is 4.03. The summed E-state index contributed by atoms with van der Waals surface area (Å²) in [5, 5.41) is 7.69. The molecule has 102 valence electrons. The van der Waals surface area contributed by atoms with E-state index in [1.807, 2.05) is 19.2 Å². The molecule has 19 heavy (non-hydrogen) atoms. The van der Waals surface area contributed by atoms with E-state index < -0.39 is 0 Å². The summed E-state index contributed by atoms with van der Waals surface area (Å²) in [4.78, 5) is 0. The van der Waals surface area contributed by atoms with Crippen molar-refractivity contribution in [3.63, 3.8) is 0 Å². The minimum absolute atomic E-state index is 0.593. The molecule has 1 unspecified atom stereocenters. The molecule has 0 aliphatic heterocycles. The lowest BCUT2D eigenvalue weighted by Gasteiger charge is -2.17. The highest BCUT2D eigenvalue weighted by Crippen LogP contribution is 2.23. The van der Waals surface area contributed by atoms with Crippen molar-refractivity contribution in [2.45, 2.75) is 12.8 Å². The molecule has 1 aromatic carbocycles. The van der Waals surface area contributed by atoms with Gasteiger partial charge in [0.25, 0.3) is 0 Å². The van der Waals surface area contributed by atoms with Gasteiger partial charge in [0.1, 0.15) is 5.75 Å². The van der Waals surface area contributed by atoms with Gasteiger partial charge in [-0.15, -0.1) is 0 Å². The Bertz CT molecular complexity index is 481. The Morgan fingerprint density at radius 3 is 2.74 bits per heavy atom. The number of ether oxygens (including phenoxy) is 1. The lowest BCUT2D eigenvalue weighted by Crippen LogP contribution is -2.22. The first-order valence-electron chi connectivity index (χ1n) is 6.61. The highest BCUT2D eigenvalue weighted by Gasteiger charge is 2.13. The van der Waals surface area contributed by atoms with Crippen LogP contribution in [0.4, 0.5) is 0 Å². The molecule has 1 atom stereocenters. The normalized spacial score (nSPS) is 12.3. The van der Waals surface area contributed by atoms with Crippen LogP contribution >= 0.6 is 11.3 Å². The quantitative estimate of drug-likeness (QED) is 0.836. The smallest absolute Gasteiger partial charge is 0.122 e. The van der Waals surface area contributed by atoms with Crippen LogP contribution in [-0.2, 0) is 12.8 Å². The van der Waals surface area contributed by atoms with Gasteiger partial charge in [0, 0.05) is 0 Å². The molecular weight excluding hydrogens is 254 g/mol. The molecule has 1 N–H and O–H groups in total. The van der Waals surface area contributed by atoms with Crippen molar-refractivity contribution in [3.8, 4) is 5.75 Å². The first-order chi connectivity index (χ1) is 9.33. The van der Waals surface area contributed by atoms with Crippen LogP contribution in [0.15, 0.2) is 41.1 Å². The predicted molar refractivity (Wildman–Crippen MR) is 82.1 cm³/mol. The first kappa shape index (κ1) is 14.1. The maximum Gasteiger partial charge on any atom is 0.122 e. The molecule has 0 aliphatic rings. The van der Waals surface area contributed by atoms with Crippen LogP contribution in [-0.4, -0.2) is 20.7 Å². The molecule has 2 rings (SSSR count). The van der Waals surface area contributed by atoms with Crippen molar-refractivity contribution in [2.75, 3.05) is 20.7 Å². The first-order valence-corrected chi connectivity index (χ1v) is 7.55. The molecule has 2 aromatic rings. The molecule has 1 aromatic heterocycles. The van der Waals surface area contributed by atoms with Crippen molar-refractivity contribution < 1.29 is 4.74 Å². The van der Waals surface area contributed by atoms with Gasteiger partial charge < -0.3 is 10.1 Å². The van der Waals surface area contributed by atoms with E-state index in [9.17, 15) is 0 Å². The molecule has 0 bridgehead atoms. The number of para-hydroxylation sites is 1. The van der Waals surface area contributed by atoms with Crippen molar-refractivity contribution in [2.24, 2.45) is 5.92 Å². The van der Waals surface area contributed by atoms with E-state index in [0.717, 1.165) is 25.1 Å². The summed E-state index contributed by atoms with van der Waals surface area (Å²) >= 11 is 1.77. The second-order valence-electron chi connectivity index (χ2n) is 4.78. The molecule has 1 heterocycles. The number of nitrogens with one attached hydrogen (secondary N) is 1. The number of thiophene rings is 1. The van der Waals surface area contributed by atoms with E-state index in [2.05, 4.69) is 34.3 Å². The molecule has 0 saturated heterocycles. The minimum Gasteiger partial charge on any atom is -0.496 e. The minimum atomic E-state index is 0.593. The lowest BCUT2D eigenvalue weighted by molar-refractivity contribution is 0.402. The van der Waals surface area contributed by atoms with Crippen LogP contribution in [0.25, 0.3) is 0 Å². The van der Waals surface area contributed by atoms with Crippen LogP contribution in [0.3, 0.4) is 0 Å². The predicted octanol–water partition coefficient (Wildman–Crippen LogP) is 3.38. The summed E-state index contributed by atoms with van der Waals surface area (Å²) in [5.41, 5.74) is 2.72. The fraction of sp³-hybridized carbons (Fsp3) is 0.375. The molecule has 0 amide bonds. The lowest BCUT2D eigenvalue weighted by atomic mass is 9.93. The maximum absolute atomic E-state index is 5.44. The van der Waals surface area contributed by atoms with Gasteiger partial charge in [0.05, 0.1) is 7.11 Å².